The lowest BCUT2D eigenvalue weighted by Crippen LogP contribution is -2.50. The van der Waals surface area contributed by atoms with Gasteiger partial charge in [-0.15, -0.1) is 0 Å². The number of aromatic nitrogens is 1. The molecule has 1 unspecified atom stereocenters. The first-order valence-corrected chi connectivity index (χ1v) is 16.1. The number of alkyl halides is 2. The minimum Gasteiger partial charge on any atom is -0.477 e. The van der Waals surface area contributed by atoms with E-state index in [0.29, 0.717) is 6.61 Å². The normalized spacial score (nSPS) is 18.3. The number of carboxylic acid groups (broad SMARTS) is 1. The molecule has 0 saturated carbocycles. The first kappa shape index (κ1) is 29.3. The summed E-state index contributed by atoms with van der Waals surface area (Å²) in [6.07, 6.45) is -1.62. The second-order valence-corrected chi connectivity index (χ2v) is 17.8. The van der Waals surface area contributed by atoms with E-state index < -0.39 is 56.4 Å². The summed E-state index contributed by atoms with van der Waals surface area (Å²) in [5.74, 6) is -6.56. The molecule has 1 aliphatic heterocycles. The third kappa shape index (κ3) is 7.20. The van der Waals surface area contributed by atoms with Gasteiger partial charge in [-0.25, -0.2) is 22.8 Å². The molecular weight excluding hydrogens is 529 g/mol. The number of carbonyl (C=O) groups excluding carboxylic acids is 1. The fraction of sp³-hybridized carbons (Fsp3) is 0.600. The van der Waals surface area contributed by atoms with Crippen LogP contribution in [0.15, 0.2) is 12.1 Å². The summed E-state index contributed by atoms with van der Waals surface area (Å²) in [7, 11) is -1.42. The summed E-state index contributed by atoms with van der Waals surface area (Å²) in [5.41, 5.74) is -1.38. The minimum absolute atomic E-state index is 0.0208. The molecule has 7 nitrogen and oxygen atoms in total. The Balaban J connectivity index is 2.02. The molecule has 2 aromatic rings. The van der Waals surface area contributed by atoms with Gasteiger partial charge in [0.2, 0.25) is 0 Å². The second kappa shape index (κ2) is 10.5. The minimum atomic E-state index is -3.29. The van der Waals surface area contributed by atoms with Crippen LogP contribution in [0.3, 0.4) is 0 Å². The van der Waals surface area contributed by atoms with Gasteiger partial charge in [0.15, 0.2) is 5.82 Å². The van der Waals surface area contributed by atoms with Crippen LogP contribution >= 0.6 is 11.6 Å². The standard InChI is InChI=1S/C25H34ClF3N2O5Si/c1-24(2,3)36-23(34)30-12-15(11-25(28,29)13-30)16-9-18(26)17-10-19(22(32)33)31(21(17)20(16)27)14-35-7-8-37(4,5)6/h9-10,15H,7-8,11-14H2,1-6H3,(H,32,33). The fourth-order valence-corrected chi connectivity index (χ4v) is 5.32. The second-order valence-electron chi connectivity index (χ2n) is 11.8. The first-order valence-electron chi connectivity index (χ1n) is 12.1. The molecule has 1 aromatic carbocycles. The zero-order chi connectivity index (χ0) is 27.9. The summed E-state index contributed by atoms with van der Waals surface area (Å²) in [6, 6.07) is 3.30. The van der Waals surface area contributed by atoms with Crippen LogP contribution in [-0.4, -0.2) is 65.9 Å². The fourth-order valence-electron chi connectivity index (χ4n) is 4.30. The van der Waals surface area contributed by atoms with Crippen LogP contribution in [0.4, 0.5) is 18.0 Å². The van der Waals surface area contributed by atoms with Gasteiger partial charge in [0.1, 0.15) is 18.0 Å². The third-order valence-corrected chi connectivity index (χ3v) is 8.05. The number of ether oxygens (including phenoxy) is 2. The molecule has 2 heterocycles. The molecule has 0 aliphatic carbocycles. The molecule has 3 rings (SSSR count). The van der Waals surface area contributed by atoms with Crippen molar-refractivity contribution >= 4 is 42.6 Å². The molecule has 0 radical (unpaired) electrons. The maximum atomic E-state index is 16.0. The third-order valence-electron chi connectivity index (χ3n) is 6.03. The topological polar surface area (TPSA) is 81.0 Å². The number of piperidine rings is 1. The zero-order valence-electron chi connectivity index (χ0n) is 22.0. The van der Waals surface area contributed by atoms with Crippen LogP contribution in [0.25, 0.3) is 10.9 Å². The van der Waals surface area contributed by atoms with E-state index in [2.05, 4.69) is 19.6 Å². The molecule has 1 fully saturated rings. The quantitative estimate of drug-likeness (QED) is 0.296. The largest absolute Gasteiger partial charge is 0.477 e. The summed E-state index contributed by atoms with van der Waals surface area (Å²) in [6.45, 7) is 10.4. The first-order chi connectivity index (χ1) is 16.9. The Kier molecular flexibility index (Phi) is 8.31. The van der Waals surface area contributed by atoms with E-state index >= 15 is 4.39 Å². The van der Waals surface area contributed by atoms with E-state index in [0.717, 1.165) is 10.9 Å². The van der Waals surface area contributed by atoms with E-state index in [1.165, 1.54) is 16.7 Å². The highest BCUT2D eigenvalue weighted by molar-refractivity contribution is 6.76. The van der Waals surface area contributed by atoms with Crippen molar-refractivity contribution in [1.29, 1.82) is 0 Å². The predicted octanol–water partition coefficient (Wildman–Crippen LogP) is 6.80. The van der Waals surface area contributed by atoms with E-state index in [1.807, 2.05) is 0 Å². The van der Waals surface area contributed by atoms with Crippen LogP contribution in [0.2, 0.25) is 30.7 Å². The molecule has 1 N–H and O–H groups in total. The molecular formula is C25H34ClF3N2O5Si. The molecule has 0 bridgehead atoms. The van der Waals surface area contributed by atoms with E-state index in [4.69, 9.17) is 21.1 Å². The van der Waals surface area contributed by atoms with Gasteiger partial charge in [0.05, 0.1) is 17.1 Å². The predicted molar refractivity (Wildman–Crippen MR) is 138 cm³/mol. The zero-order valence-corrected chi connectivity index (χ0v) is 23.7. The van der Waals surface area contributed by atoms with Crippen molar-refractivity contribution in [1.82, 2.24) is 9.47 Å². The number of amides is 1. The van der Waals surface area contributed by atoms with Crippen LogP contribution in [-0.2, 0) is 16.2 Å². The summed E-state index contributed by atoms with van der Waals surface area (Å²) < 4.78 is 57.6. The highest BCUT2D eigenvalue weighted by Gasteiger charge is 2.44. The molecule has 12 heteroatoms. The Morgan fingerprint density at radius 3 is 2.46 bits per heavy atom. The number of rotatable bonds is 7. The van der Waals surface area contributed by atoms with E-state index in [1.54, 1.807) is 20.8 Å². The van der Waals surface area contributed by atoms with Gasteiger partial charge in [-0.1, -0.05) is 31.2 Å². The van der Waals surface area contributed by atoms with Crippen LogP contribution in [0, 0.1) is 5.82 Å². The molecule has 1 atom stereocenters. The highest BCUT2D eigenvalue weighted by Crippen LogP contribution is 2.41. The van der Waals surface area contributed by atoms with Gasteiger partial charge in [-0.3, -0.25) is 0 Å². The summed E-state index contributed by atoms with van der Waals surface area (Å²) >= 11 is 6.42. The van der Waals surface area contributed by atoms with Crippen molar-refractivity contribution in [3.8, 4) is 0 Å². The molecule has 1 amide bonds. The lowest BCUT2D eigenvalue weighted by molar-refractivity contribution is -0.0758. The number of aromatic carboxylic acids is 1. The number of nitrogens with zero attached hydrogens (tertiary/aromatic N) is 2. The average Bonchev–Trinajstić information content (AvgIpc) is 3.11. The maximum Gasteiger partial charge on any atom is 0.410 e. The molecule has 206 valence electrons. The number of halogens is 4. The van der Waals surface area contributed by atoms with Crippen molar-refractivity contribution in [2.75, 3.05) is 19.7 Å². The lowest BCUT2D eigenvalue weighted by atomic mass is 9.88. The number of carboxylic acids is 1. The molecule has 1 saturated heterocycles. The van der Waals surface area contributed by atoms with Crippen LogP contribution < -0.4 is 0 Å². The lowest BCUT2D eigenvalue weighted by Gasteiger charge is -2.38. The molecule has 1 aliphatic rings. The van der Waals surface area contributed by atoms with Crippen molar-refractivity contribution in [2.24, 2.45) is 0 Å². The number of likely N-dealkylation sites (tertiary alicyclic amines) is 1. The molecule has 1 aromatic heterocycles. The summed E-state index contributed by atoms with van der Waals surface area (Å²) in [5, 5.41) is 9.88. The summed E-state index contributed by atoms with van der Waals surface area (Å²) in [4.78, 5) is 25.4. The maximum absolute atomic E-state index is 16.0. The highest BCUT2D eigenvalue weighted by atomic mass is 35.5. The van der Waals surface area contributed by atoms with Crippen molar-refractivity contribution < 1.29 is 37.3 Å². The Bertz CT molecular complexity index is 1190. The number of hydrogen-bond acceptors (Lipinski definition) is 4. The number of hydrogen-bond donors (Lipinski definition) is 1. The van der Waals surface area contributed by atoms with Crippen molar-refractivity contribution in [3.63, 3.8) is 0 Å². The Hall–Kier alpha value is -2.24. The Labute approximate surface area is 220 Å². The van der Waals surface area contributed by atoms with Gasteiger partial charge in [-0.05, 0) is 44.5 Å². The monoisotopic (exact) mass is 562 g/mol. The SMILES string of the molecule is CC(C)(C)OC(=O)N1CC(c2cc(Cl)c3cc(C(=O)O)n(COCC[Si](C)(C)C)c3c2F)CC(F)(F)C1. The van der Waals surface area contributed by atoms with Crippen molar-refractivity contribution in [3.05, 3.63) is 34.2 Å². The van der Waals surface area contributed by atoms with E-state index in [9.17, 15) is 23.5 Å². The van der Waals surface area contributed by atoms with Gasteiger partial charge in [0.25, 0.3) is 5.92 Å². The Morgan fingerprint density at radius 1 is 1.24 bits per heavy atom. The Morgan fingerprint density at radius 2 is 1.89 bits per heavy atom. The molecule has 37 heavy (non-hydrogen) atoms. The van der Waals surface area contributed by atoms with E-state index in [-0.39, 0.29) is 40.5 Å². The van der Waals surface area contributed by atoms with Gasteiger partial charge >= 0.3 is 12.1 Å². The van der Waals surface area contributed by atoms with Gasteiger partial charge in [-0.2, -0.15) is 0 Å². The van der Waals surface area contributed by atoms with Crippen LogP contribution in [0.5, 0.6) is 0 Å². The van der Waals surface area contributed by atoms with Gasteiger partial charge < -0.3 is 24.0 Å². The number of fused-ring (bicyclic) bond motifs is 1. The molecule has 0 spiro atoms. The van der Waals surface area contributed by atoms with Crippen LogP contribution in [0.1, 0.15) is 49.2 Å². The smallest absolute Gasteiger partial charge is 0.410 e. The average molecular weight is 563 g/mol. The number of carbonyl (C=O) groups is 2. The van der Waals surface area contributed by atoms with Crippen molar-refractivity contribution in [2.45, 2.75) is 77.0 Å². The van der Waals surface area contributed by atoms with Gasteiger partial charge in [0, 0.05) is 39.0 Å². The number of benzene rings is 1.